The van der Waals surface area contributed by atoms with Gasteiger partial charge < -0.3 is 10.4 Å². The van der Waals surface area contributed by atoms with E-state index >= 15 is 0 Å². The van der Waals surface area contributed by atoms with Crippen LogP contribution in [0.1, 0.15) is 30.4 Å². The Kier molecular flexibility index (Phi) is 5.74. The van der Waals surface area contributed by atoms with Gasteiger partial charge in [-0.25, -0.2) is 4.39 Å². The van der Waals surface area contributed by atoms with Gasteiger partial charge in [0, 0.05) is 0 Å². The highest BCUT2D eigenvalue weighted by Crippen LogP contribution is 2.24. The van der Waals surface area contributed by atoms with Crippen molar-refractivity contribution in [2.75, 3.05) is 13.1 Å². The molecule has 2 rings (SSSR count). The van der Waals surface area contributed by atoms with Gasteiger partial charge in [0.05, 0.1) is 11.2 Å². The topological polar surface area (TPSA) is 56.0 Å². The molecule has 3 nitrogen and oxygen atoms in total. The Hall–Kier alpha value is -1.15. The molecule has 1 aromatic carbocycles. The van der Waals surface area contributed by atoms with Gasteiger partial charge in [-0.1, -0.05) is 6.07 Å². The van der Waals surface area contributed by atoms with Crippen molar-refractivity contribution in [2.45, 2.75) is 31.3 Å². The van der Waals surface area contributed by atoms with Gasteiger partial charge in [-0.3, -0.25) is 0 Å². The molecule has 0 atom stereocenters. The lowest BCUT2D eigenvalue weighted by molar-refractivity contribution is 0.00281. The van der Waals surface area contributed by atoms with Crippen LogP contribution in [0.25, 0.3) is 0 Å². The molecule has 104 valence electrons. The lowest BCUT2D eigenvalue weighted by Crippen LogP contribution is -2.42. The van der Waals surface area contributed by atoms with E-state index in [0.29, 0.717) is 12.8 Å². The molecule has 1 aromatic rings. The third-order valence-electron chi connectivity index (χ3n) is 3.56. The number of nitriles is 1. The van der Waals surface area contributed by atoms with E-state index in [2.05, 4.69) is 5.32 Å². The minimum Gasteiger partial charge on any atom is -0.390 e. The Morgan fingerprint density at radius 3 is 2.68 bits per heavy atom. The fraction of sp³-hybridized carbons (Fsp3) is 0.500. The molecule has 1 aliphatic heterocycles. The van der Waals surface area contributed by atoms with Crippen LogP contribution in [-0.2, 0) is 6.42 Å². The van der Waals surface area contributed by atoms with Gasteiger partial charge in [0.25, 0.3) is 0 Å². The van der Waals surface area contributed by atoms with Crippen LogP contribution in [0.2, 0.25) is 0 Å². The number of nitrogens with one attached hydrogen (secondary N) is 1. The van der Waals surface area contributed by atoms with Crippen molar-refractivity contribution >= 4 is 12.4 Å². The molecule has 1 fully saturated rings. The summed E-state index contributed by atoms with van der Waals surface area (Å²) >= 11 is 0. The molecule has 0 radical (unpaired) electrons. The average Bonchev–Trinajstić information content (AvgIpc) is 2.39. The van der Waals surface area contributed by atoms with E-state index in [4.69, 9.17) is 5.26 Å². The van der Waals surface area contributed by atoms with Crippen LogP contribution < -0.4 is 5.32 Å². The molecule has 0 amide bonds. The molecule has 0 bridgehead atoms. The molecule has 5 heteroatoms. The number of aliphatic hydroxyl groups is 1. The summed E-state index contributed by atoms with van der Waals surface area (Å²) in [6, 6.07) is 6.41. The van der Waals surface area contributed by atoms with Crippen molar-refractivity contribution in [3.05, 3.63) is 35.1 Å². The van der Waals surface area contributed by atoms with Gasteiger partial charge in [-0.15, -0.1) is 12.4 Å². The average molecular weight is 285 g/mol. The quantitative estimate of drug-likeness (QED) is 0.894. The first kappa shape index (κ1) is 15.9. The van der Waals surface area contributed by atoms with E-state index in [9.17, 15) is 9.50 Å². The summed E-state index contributed by atoms with van der Waals surface area (Å²) in [5, 5.41) is 22.3. The molecule has 1 heterocycles. The van der Waals surface area contributed by atoms with Crippen LogP contribution in [0.4, 0.5) is 4.39 Å². The summed E-state index contributed by atoms with van der Waals surface area (Å²) in [5.41, 5.74) is 0.358. The fourth-order valence-electron chi connectivity index (χ4n) is 2.33. The van der Waals surface area contributed by atoms with Crippen LogP contribution in [0.3, 0.4) is 0 Å². The van der Waals surface area contributed by atoms with Crippen LogP contribution >= 0.6 is 12.4 Å². The maximum atomic E-state index is 13.2. The SMILES string of the molecule is Cl.N#Cc1cc(CCC2(O)CCNCC2)ccc1F. The predicted octanol–water partition coefficient (Wildman–Crippen LogP) is 2.17. The highest BCUT2D eigenvalue weighted by molar-refractivity contribution is 5.85. The maximum absolute atomic E-state index is 13.2. The van der Waals surface area contributed by atoms with Gasteiger partial charge in [-0.05, 0) is 56.5 Å². The third kappa shape index (κ3) is 4.17. The summed E-state index contributed by atoms with van der Waals surface area (Å²) < 4.78 is 13.2. The number of hydrogen-bond donors (Lipinski definition) is 2. The Morgan fingerprint density at radius 2 is 2.05 bits per heavy atom. The summed E-state index contributed by atoms with van der Waals surface area (Å²) in [4.78, 5) is 0. The molecule has 0 aromatic heterocycles. The molecular weight excluding hydrogens is 267 g/mol. The number of hydrogen-bond acceptors (Lipinski definition) is 3. The van der Waals surface area contributed by atoms with Gasteiger partial charge in [0.2, 0.25) is 0 Å². The third-order valence-corrected chi connectivity index (χ3v) is 3.56. The molecule has 0 aliphatic carbocycles. The number of benzene rings is 1. The second kappa shape index (κ2) is 6.85. The second-order valence-corrected chi connectivity index (χ2v) is 4.90. The predicted molar refractivity (Wildman–Crippen MR) is 73.7 cm³/mol. The molecule has 0 unspecified atom stereocenters. The van der Waals surface area contributed by atoms with Crippen molar-refractivity contribution in [1.29, 1.82) is 5.26 Å². The zero-order chi connectivity index (χ0) is 13.0. The highest BCUT2D eigenvalue weighted by Gasteiger charge is 2.28. The lowest BCUT2D eigenvalue weighted by Gasteiger charge is -2.32. The molecule has 0 spiro atoms. The van der Waals surface area contributed by atoms with Crippen molar-refractivity contribution in [2.24, 2.45) is 0 Å². The first-order valence-electron chi connectivity index (χ1n) is 6.25. The van der Waals surface area contributed by atoms with E-state index in [1.165, 1.54) is 6.07 Å². The van der Waals surface area contributed by atoms with Crippen molar-refractivity contribution < 1.29 is 9.50 Å². The molecule has 1 saturated heterocycles. The van der Waals surface area contributed by atoms with Gasteiger partial charge >= 0.3 is 0 Å². The highest BCUT2D eigenvalue weighted by atomic mass is 35.5. The normalized spacial score (nSPS) is 17.3. The van der Waals surface area contributed by atoms with E-state index in [-0.39, 0.29) is 18.0 Å². The summed E-state index contributed by atoms with van der Waals surface area (Å²) in [6.45, 7) is 1.67. The minimum absolute atomic E-state index is 0. The monoisotopic (exact) mass is 284 g/mol. The lowest BCUT2D eigenvalue weighted by atomic mass is 9.86. The van der Waals surface area contributed by atoms with Crippen LogP contribution in [0.5, 0.6) is 0 Å². The zero-order valence-corrected chi connectivity index (χ0v) is 11.5. The Balaban J connectivity index is 0.00000180. The molecule has 1 aliphatic rings. The van der Waals surface area contributed by atoms with Crippen molar-refractivity contribution in [3.63, 3.8) is 0 Å². The Morgan fingerprint density at radius 1 is 1.37 bits per heavy atom. The molecule has 2 N–H and O–H groups in total. The van der Waals surface area contributed by atoms with Crippen LogP contribution in [0, 0.1) is 17.1 Å². The Labute approximate surface area is 118 Å². The summed E-state index contributed by atoms with van der Waals surface area (Å²) in [5.74, 6) is -0.484. The number of halogens is 2. The molecule has 0 saturated carbocycles. The fourth-order valence-corrected chi connectivity index (χ4v) is 2.33. The first-order chi connectivity index (χ1) is 8.63. The standard InChI is InChI=1S/C14H17FN2O.ClH/c15-13-2-1-11(9-12(13)10-16)3-4-14(18)5-7-17-8-6-14;/h1-2,9,17-18H,3-8H2;1H. The van der Waals surface area contributed by atoms with E-state index < -0.39 is 11.4 Å². The minimum atomic E-state index is -0.619. The Bertz CT molecular complexity index is 467. The van der Waals surface area contributed by atoms with Gasteiger partial charge in [0.15, 0.2) is 0 Å². The largest absolute Gasteiger partial charge is 0.390 e. The number of rotatable bonds is 3. The second-order valence-electron chi connectivity index (χ2n) is 4.90. The van der Waals surface area contributed by atoms with Gasteiger partial charge in [0.1, 0.15) is 11.9 Å². The number of nitrogens with zero attached hydrogens (tertiary/aromatic N) is 1. The molecular formula is C14H18ClFN2O. The van der Waals surface area contributed by atoms with Crippen LogP contribution in [-0.4, -0.2) is 23.8 Å². The van der Waals surface area contributed by atoms with E-state index in [0.717, 1.165) is 31.5 Å². The zero-order valence-electron chi connectivity index (χ0n) is 10.7. The maximum Gasteiger partial charge on any atom is 0.140 e. The summed E-state index contributed by atoms with van der Waals surface area (Å²) in [7, 11) is 0. The van der Waals surface area contributed by atoms with Crippen molar-refractivity contribution in [1.82, 2.24) is 5.32 Å². The van der Waals surface area contributed by atoms with E-state index in [1.807, 2.05) is 6.07 Å². The smallest absolute Gasteiger partial charge is 0.140 e. The van der Waals surface area contributed by atoms with Crippen LogP contribution in [0.15, 0.2) is 18.2 Å². The number of piperidine rings is 1. The first-order valence-corrected chi connectivity index (χ1v) is 6.25. The summed E-state index contributed by atoms with van der Waals surface area (Å²) in [6.07, 6.45) is 2.83. The van der Waals surface area contributed by atoms with E-state index in [1.54, 1.807) is 12.1 Å². The molecule has 19 heavy (non-hydrogen) atoms. The van der Waals surface area contributed by atoms with Gasteiger partial charge in [-0.2, -0.15) is 5.26 Å². The number of aryl methyl sites for hydroxylation is 1. The van der Waals surface area contributed by atoms with Crippen molar-refractivity contribution in [3.8, 4) is 6.07 Å².